The maximum Gasteiger partial charge on any atom is 0.419 e. The number of carbonyl (C=O) groups is 1. The van der Waals surface area contributed by atoms with Gasteiger partial charge in [-0.1, -0.05) is 6.92 Å². The monoisotopic (exact) mass is 383 g/mol. The molecule has 0 aliphatic rings. The fourth-order valence-corrected chi connectivity index (χ4v) is 3.19. The first kappa shape index (κ1) is 17.8. The molecule has 0 fully saturated rings. The lowest BCUT2D eigenvalue weighted by atomic mass is 10.1. The maximum atomic E-state index is 14.8. The van der Waals surface area contributed by atoms with Crippen LogP contribution in [0.3, 0.4) is 0 Å². The standard InChI is InChI=1S/C19H18FN5O3/c1-3-8-22-18(26)14-16(21)25-9-4-5-10(17(25)23-14)13-11(20)6-7-12-15(13)28-19(27)24(12)2/h4-7,9H,3,8,21H2,1-2H3,(H,22,26). The highest BCUT2D eigenvalue weighted by atomic mass is 19.1. The molecule has 9 heteroatoms. The molecule has 0 aliphatic carbocycles. The molecule has 1 amide bonds. The molecule has 28 heavy (non-hydrogen) atoms. The maximum absolute atomic E-state index is 14.8. The molecule has 3 N–H and O–H groups in total. The van der Waals surface area contributed by atoms with Crippen LogP contribution < -0.4 is 16.8 Å². The van der Waals surface area contributed by atoms with E-state index < -0.39 is 17.5 Å². The number of aromatic nitrogens is 3. The van der Waals surface area contributed by atoms with Gasteiger partial charge in [0.25, 0.3) is 5.91 Å². The second kappa shape index (κ2) is 6.52. The highest BCUT2D eigenvalue weighted by Gasteiger charge is 2.23. The summed E-state index contributed by atoms with van der Waals surface area (Å²) < 4.78 is 22.9. The van der Waals surface area contributed by atoms with Gasteiger partial charge >= 0.3 is 5.76 Å². The molecule has 0 radical (unpaired) electrons. The topological polar surface area (TPSA) is 108 Å². The van der Waals surface area contributed by atoms with Crippen molar-refractivity contribution in [2.24, 2.45) is 7.05 Å². The fraction of sp³-hybridized carbons (Fsp3) is 0.211. The number of nitrogens with two attached hydrogens (primary N) is 1. The highest BCUT2D eigenvalue weighted by molar-refractivity contribution is 6.00. The third kappa shape index (κ3) is 2.55. The Bertz CT molecular complexity index is 1280. The number of imidazole rings is 1. The number of hydrogen-bond donors (Lipinski definition) is 2. The van der Waals surface area contributed by atoms with Gasteiger partial charge in [0.2, 0.25) is 0 Å². The summed E-state index contributed by atoms with van der Waals surface area (Å²) in [6.45, 7) is 2.42. The van der Waals surface area contributed by atoms with E-state index in [1.807, 2.05) is 6.92 Å². The minimum absolute atomic E-state index is 0.0583. The number of benzene rings is 1. The van der Waals surface area contributed by atoms with Crippen LogP contribution in [-0.2, 0) is 7.05 Å². The number of anilines is 1. The Balaban J connectivity index is 2.00. The molecule has 4 rings (SSSR count). The van der Waals surface area contributed by atoms with Crippen LogP contribution in [0.2, 0.25) is 0 Å². The van der Waals surface area contributed by atoms with Crippen LogP contribution in [0.25, 0.3) is 27.9 Å². The van der Waals surface area contributed by atoms with Gasteiger partial charge in [0, 0.05) is 25.4 Å². The van der Waals surface area contributed by atoms with Crippen LogP contribution in [0.4, 0.5) is 10.2 Å². The predicted molar refractivity (Wildman–Crippen MR) is 103 cm³/mol. The second-order valence-electron chi connectivity index (χ2n) is 6.41. The Morgan fingerprint density at radius 3 is 2.89 bits per heavy atom. The summed E-state index contributed by atoms with van der Waals surface area (Å²) in [6, 6.07) is 6.04. The van der Waals surface area contributed by atoms with E-state index in [4.69, 9.17) is 10.2 Å². The van der Waals surface area contributed by atoms with Crippen molar-refractivity contribution >= 4 is 28.5 Å². The fourth-order valence-electron chi connectivity index (χ4n) is 3.19. The van der Waals surface area contributed by atoms with Gasteiger partial charge < -0.3 is 15.5 Å². The van der Waals surface area contributed by atoms with Gasteiger partial charge in [-0.15, -0.1) is 0 Å². The predicted octanol–water partition coefficient (Wildman–Crippen LogP) is 2.31. The van der Waals surface area contributed by atoms with Gasteiger partial charge in [0.1, 0.15) is 17.3 Å². The second-order valence-corrected chi connectivity index (χ2v) is 6.41. The number of pyridine rings is 1. The van der Waals surface area contributed by atoms with E-state index in [2.05, 4.69) is 10.3 Å². The molecule has 8 nitrogen and oxygen atoms in total. The van der Waals surface area contributed by atoms with Crippen molar-refractivity contribution in [3.05, 3.63) is 52.5 Å². The molecule has 0 bridgehead atoms. The number of carbonyl (C=O) groups excluding carboxylic acids is 1. The summed E-state index contributed by atoms with van der Waals surface area (Å²) in [4.78, 5) is 28.6. The molecule has 144 valence electrons. The summed E-state index contributed by atoms with van der Waals surface area (Å²) in [5.74, 6) is -1.43. The Labute approximate surface area is 158 Å². The average Bonchev–Trinajstić information content (AvgIpc) is 3.17. The van der Waals surface area contributed by atoms with Crippen LogP contribution in [0.15, 0.2) is 39.7 Å². The molecule has 0 unspecified atom stereocenters. The zero-order valence-electron chi connectivity index (χ0n) is 15.3. The number of aryl methyl sites for hydroxylation is 1. The van der Waals surface area contributed by atoms with E-state index in [1.165, 1.54) is 21.1 Å². The minimum Gasteiger partial charge on any atom is -0.407 e. The SMILES string of the molecule is CCCNC(=O)c1nc2c(-c3c(F)ccc4c3oc(=O)n4C)cccn2c1N. The smallest absolute Gasteiger partial charge is 0.407 e. The van der Waals surface area contributed by atoms with E-state index in [9.17, 15) is 14.0 Å². The summed E-state index contributed by atoms with van der Waals surface area (Å²) in [5, 5.41) is 2.73. The molecule has 0 saturated carbocycles. The third-order valence-electron chi connectivity index (χ3n) is 4.62. The zero-order valence-corrected chi connectivity index (χ0v) is 15.3. The average molecular weight is 383 g/mol. The van der Waals surface area contributed by atoms with Crippen LogP contribution in [0.1, 0.15) is 23.8 Å². The lowest BCUT2D eigenvalue weighted by Crippen LogP contribution is -2.25. The van der Waals surface area contributed by atoms with Crippen molar-refractivity contribution in [1.82, 2.24) is 19.3 Å². The number of nitrogen functional groups attached to an aromatic ring is 1. The number of rotatable bonds is 4. The van der Waals surface area contributed by atoms with E-state index >= 15 is 0 Å². The first-order valence-electron chi connectivity index (χ1n) is 8.77. The first-order valence-corrected chi connectivity index (χ1v) is 8.77. The number of halogens is 1. The summed E-state index contributed by atoms with van der Waals surface area (Å²) in [5.41, 5.74) is 7.47. The van der Waals surface area contributed by atoms with Gasteiger partial charge in [-0.3, -0.25) is 13.8 Å². The van der Waals surface area contributed by atoms with Crippen molar-refractivity contribution in [1.29, 1.82) is 0 Å². The first-order chi connectivity index (χ1) is 13.4. The summed E-state index contributed by atoms with van der Waals surface area (Å²) in [7, 11) is 1.54. The van der Waals surface area contributed by atoms with Crippen molar-refractivity contribution < 1.29 is 13.6 Å². The van der Waals surface area contributed by atoms with E-state index in [1.54, 1.807) is 25.4 Å². The van der Waals surface area contributed by atoms with E-state index in [-0.39, 0.29) is 22.7 Å². The van der Waals surface area contributed by atoms with Crippen molar-refractivity contribution in [2.75, 3.05) is 12.3 Å². The molecule has 4 aromatic rings. The van der Waals surface area contributed by atoms with Gasteiger partial charge in [-0.25, -0.2) is 14.2 Å². The summed E-state index contributed by atoms with van der Waals surface area (Å²) >= 11 is 0. The normalized spacial score (nSPS) is 11.4. The van der Waals surface area contributed by atoms with Gasteiger partial charge in [-0.05, 0) is 30.7 Å². The van der Waals surface area contributed by atoms with Gasteiger partial charge in [0.15, 0.2) is 11.3 Å². The number of fused-ring (bicyclic) bond motifs is 2. The van der Waals surface area contributed by atoms with Crippen molar-refractivity contribution in [3.8, 4) is 11.1 Å². The Kier molecular flexibility index (Phi) is 4.14. The molecule has 0 atom stereocenters. The van der Waals surface area contributed by atoms with E-state index in [0.717, 1.165) is 6.42 Å². The number of nitrogens with one attached hydrogen (secondary N) is 1. The lowest BCUT2D eigenvalue weighted by Gasteiger charge is -2.06. The number of hydrogen-bond acceptors (Lipinski definition) is 5. The van der Waals surface area contributed by atoms with Gasteiger partial charge in [-0.2, -0.15) is 0 Å². The molecule has 3 heterocycles. The van der Waals surface area contributed by atoms with Gasteiger partial charge in [0.05, 0.1) is 11.1 Å². The third-order valence-corrected chi connectivity index (χ3v) is 4.62. The number of amides is 1. The Hall–Kier alpha value is -3.62. The van der Waals surface area contributed by atoms with Crippen LogP contribution in [0.5, 0.6) is 0 Å². The number of nitrogens with zero attached hydrogens (tertiary/aromatic N) is 3. The Morgan fingerprint density at radius 2 is 2.14 bits per heavy atom. The van der Waals surface area contributed by atoms with E-state index in [0.29, 0.717) is 23.3 Å². The largest absolute Gasteiger partial charge is 0.419 e. The Morgan fingerprint density at radius 1 is 1.36 bits per heavy atom. The minimum atomic E-state index is -0.601. The summed E-state index contributed by atoms with van der Waals surface area (Å²) in [6.07, 6.45) is 2.40. The number of oxazole rings is 1. The molecular formula is C19H18FN5O3. The van der Waals surface area contributed by atoms with Crippen LogP contribution >= 0.6 is 0 Å². The molecule has 1 aromatic carbocycles. The van der Waals surface area contributed by atoms with Crippen LogP contribution in [-0.4, -0.2) is 26.4 Å². The van der Waals surface area contributed by atoms with Crippen molar-refractivity contribution in [3.63, 3.8) is 0 Å². The van der Waals surface area contributed by atoms with Crippen LogP contribution in [0, 0.1) is 5.82 Å². The molecule has 0 aliphatic heterocycles. The van der Waals surface area contributed by atoms with Crippen molar-refractivity contribution in [2.45, 2.75) is 13.3 Å². The zero-order chi connectivity index (χ0) is 20.0. The quantitative estimate of drug-likeness (QED) is 0.562. The lowest BCUT2D eigenvalue weighted by molar-refractivity contribution is 0.0950. The molecular weight excluding hydrogens is 365 g/mol. The molecule has 0 saturated heterocycles. The molecule has 3 aromatic heterocycles. The highest BCUT2D eigenvalue weighted by Crippen LogP contribution is 2.34. The molecule has 0 spiro atoms.